The molecule has 2 atom stereocenters. The number of likely N-dealkylation sites (tertiary alicyclic amines) is 1. The summed E-state index contributed by atoms with van der Waals surface area (Å²) in [6.07, 6.45) is -1.74. The van der Waals surface area contributed by atoms with Gasteiger partial charge in [0.05, 0.1) is 0 Å². The van der Waals surface area contributed by atoms with Crippen molar-refractivity contribution in [3.8, 4) is 5.75 Å². The van der Waals surface area contributed by atoms with Gasteiger partial charge in [0.15, 0.2) is 0 Å². The summed E-state index contributed by atoms with van der Waals surface area (Å²) in [4.78, 5) is 38.3. The van der Waals surface area contributed by atoms with E-state index in [4.69, 9.17) is 19.4 Å². The number of alkyl halides is 3. The Hall–Kier alpha value is -3.57. The Labute approximate surface area is 193 Å². The highest BCUT2D eigenvalue weighted by Crippen LogP contribution is 2.27. The van der Waals surface area contributed by atoms with Crippen LogP contribution in [-0.2, 0) is 14.3 Å². The van der Waals surface area contributed by atoms with Crippen molar-refractivity contribution < 1.29 is 47.2 Å². The van der Waals surface area contributed by atoms with E-state index in [0.717, 1.165) is 10.8 Å². The van der Waals surface area contributed by atoms with E-state index in [1.165, 1.54) is 4.90 Å². The lowest BCUT2D eigenvalue weighted by molar-refractivity contribution is -0.192. The topological polar surface area (TPSA) is 126 Å². The molecule has 0 radical (unpaired) electrons. The molecular formula is C22H25F3N2O7. The molecule has 2 heterocycles. The molecule has 9 nitrogen and oxygen atoms in total. The van der Waals surface area contributed by atoms with E-state index < -0.39 is 35.9 Å². The number of carbonyl (C=O) groups excluding carboxylic acids is 1. The molecule has 3 rings (SSSR count). The second-order valence-electron chi connectivity index (χ2n) is 8.48. The van der Waals surface area contributed by atoms with Gasteiger partial charge in [0.25, 0.3) is 0 Å². The molecule has 1 aromatic heterocycles. The third-order valence-electron chi connectivity index (χ3n) is 4.62. The summed E-state index contributed by atoms with van der Waals surface area (Å²) in [7, 11) is 0. The molecule has 1 aliphatic heterocycles. The minimum Gasteiger partial charge on any atom is -0.490 e. The number of aliphatic carboxylic acids is 2. The van der Waals surface area contributed by atoms with E-state index in [9.17, 15) is 27.9 Å². The first kappa shape index (κ1) is 26.7. The second kappa shape index (κ2) is 10.6. The van der Waals surface area contributed by atoms with Crippen molar-refractivity contribution in [3.05, 3.63) is 36.7 Å². The SMILES string of the molecule is CC(C)(C)OC(=O)N1CC[C@@H](Oc2ccc3cnccc3c2)C[C@@H]1C(=O)O.O=C(O)C(F)(F)F. The molecule has 2 N–H and O–H groups in total. The number of benzene rings is 1. The molecule has 1 saturated heterocycles. The predicted octanol–water partition coefficient (Wildman–Crippen LogP) is 4.10. The predicted molar refractivity (Wildman–Crippen MR) is 113 cm³/mol. The standard InChI is InChI=1S/C20H24N2O5.C2HF3O2/c1-20(2,3)27-19(25)22-9-7-16(11-17(22)18(23)24)26-15-5-4-14-12-21-8-6-13(14)10-15;3-2(4,5)1(6)7/h4-6,8,10,12,16-17H,7,9,11H2,1-3H3,(H,23,24);(H,6,7)/t16-,17-;/m1./s1. The van der Waals surface area contributed by atoms with Gasteiger partial charge in [-0.3, -0.25) is 9.88 Å². The van der Waals surface area contributed by atoms with Crippen molar-refractivity contribution in [2.24, 2.45) is 0 Å². The summed E-state index contributed by atoms with van der Waals surface area (Å²) >= 11 is 0. The van der Waals surface area contributed by atoms with Crippen LogP contribution in [0.15, 0.2) is 36.7 Å². The van der Waals surface area contributed by atoms with Gasteiger partial charge < -0.3 is 19.7 Å². The number of halogens is 3. The Morgan fingerprint density at radius 1 is 1.09 bits per heavy atom. The van der Waals surface area contributed by atoms with Gasteiger partial charge >= 0.3 is 24.2 Å². The Balaban J connectivity index is 0.000000509. The van der Waals surface area contributed by atoms with E-state index in [2.05, 4.69) is 4.98 Å². The molecular weight excluding hydrogens is 461 g/mol. The van der Waals surface area contributed by atoms with E-state index in [-0.39, 0.29) is 19.1 Å². The molecule has 1 aromatic carbocycles. The first-order chi connectivity index (χ1) is 15.7. The molecule has 186 valence electrons. The molecule has 1 fully saturated rings. The van der Waals surface area contributed by atoms with Crippen LogP contribution < -0.4 is 4.74 Å². The average Bonchev–Trinajstić information content (AvgIpc) is 2.72. The van der Waals surface area contributed by atoms with Gasteiger partial charge in [-0.1, -0.05) is 0 Å². The summed E-state index contributed by atoms with van der Waals surface area (Å²) in [6, 6.07) is 6.60. The third kappa shape index (κ3) is 7.78. The van der Waals surface area contributed by atoms with Crippen molar-refractivity contribution in [1.29, 1.82) is 0 Å². The van der Waals surface area contributed by atoms with Gasteiger partial charge in [0, 0.05) is 37.2 Å². The normalized spacial score (nSPS) is 18.5. The number of ether oxygens (including phenoxy) is 2. The Morgan fingerprint density at radius 3 is 2.29 bits per heavy atom. The van der Waals surface area contributed by atoms with Crippen LogP contribution in [0.5, 0.6) is 5.75 Å². The van der Waals surface area contributed by atoms with Crippen LogP contribution in [-0.4, -0.2) is 68.6 Å². The number of hydrogen-bond acceptors (Lipinski definition) is 6. The quantitative estimate of drug-likeness (QED) is 0.664. The number of hydrogen-bond donors (Lipinski definition) is 2. The summed E-state index contributed by atoms with van der Waals surface area (Å²) in [5.41, 5.74) is -0.673. The number of piperidine rings is 1. The zero-order valence-corrected chi connectivity index (χ0v) is 18.7. The van der Waals surface area contributed by atoms with Crippen LogP contribution in [0.1, 0.15) is 33.6 Å². The number of carbonyl (C=O) groups is 3. The maximum atomic E-state index is 12.3. The fourth-order valence-electron chi connectivity index (χ4n) is 3.14. The highest BCUT2D eigenvalue weighted by atomic mass is 19.4. The van der Waals surface area contributed by atoms with E-state index in [1.54, 1.807) is 33.2 Å². The van der Waals surface area contributed by atoms with E-state index >= 15 is 0 Å². The molecule has 12 heteroatoms. The molecule has 1 amide bonds. The van der Waals surface area contributed by atoms with Crippen molar-refractivity contribution >= 4 is 28.8 Å². The monoisotopic (exact) mass is 486 g/mol. The van der Waals surface area contributed by atoms with Crippen molar-refractivity contribution in [2.45, 2.75) is 57.5 Å². The number of nitrogens with zero attached hydrogens (tertiary/aromatic N) is 2. The molecule has 0 saturated carbocycles. The zero-order chi connectivity index (χ0) is 25.7. The Kier molecular flexibility index (Phi) is 8.30. The van der Waals surface area contributed by atoms with Gasteiger partial charge in [-0.15, -0.1) is 0 Å². The lowest BCUT2D eigenvalue weighted by Gasteiger charge is -2.37. The van der Waals surface area contributed by atoms with Gasteiger partial charge in [-0.05, 0) is 50.4 Å². The van der Waals surface area contributed by atoms with Crippen molar-refractivity contribution in [3.63, 3.8) is 0 Å². The number of pyridine rings is 1. The first-order valence-corrected chi connectivity index (χ1v) is 10.2. The number of fused-ring (bicyclic) bond motifs is 1. The van der Waals surface area contributed by atoms with Crippen LogP contribution in [0.2, 0.25) is 0 Å². The van der Waals surface area contributed by atoms with E-state index in [1.807, 2.05) is 24.3 Å². The molecule has 0 unspecified atom stereocenters. The number of carboxylic acids is 2. The summed E-state index contributed by atoms with van der Waals surface area (Å²) in [6.45, 7) is 5.54. The highest BCUT2D eigenvalue weighted by Gasteiger charge is 2.39. The highest BCUT2D eigenvalue weighted by molar-refractivity contribution is 5.83. The lowest BCUT2D eigenvalue weighted by atomic mass is 9.99. The van der Waals surface area contributed by atoms with Crippen LogP contribution in [0.25, 0.3) is 10.8 Å². The van der Waals surface area contributed by atoms with Gasteiger partial charge in [-0.2, -0.15) is 13.2 Å². The van der Waals surface area contributed by atoms with Gasteiger partial charge in [-0.25, -0.2) is 14.4 Å². The summed E-state index contributed by atoms with van der Waals surface area (Å²) in [5.74, 6) is -3.14. The minimum atomic E-state index is -5.08. The Morgan fingerprint density at radius 2 is 1.74 bits per heavy atom. The fourth-order valence-corrected chi connectivity index (χ4v) is 3.14. The molecule has 1 aliphatic rings. The Bertz CT molecular complexity index is 1040. The van der Waals surface area contributed by atoms with Crippen LogP contribution in [0.3, 0.4) is 0 Å². The number of rotatable bonds is 3. The maximum absolute atomic E-state index is 12.3. The van der Waals surface area contributed by atoms with Crippen LogP contribution >= 0.6 is 0 Å². The first-order valence-electron chi connectivity index (χ1n) is 10.2. The van der Waals surface area contributed by atoms with Gasteiger partial charge in [0.2, 0.25) is 0 Å². The third-order valence-corrected chi connectivity index (χ3v) is 4.62. The maximum Gasteiger partial charge on any atom is 0.490 e. The van der Waals surface area contributed by atoms with E-state index in [0.29, 0.717) is 12.2 Å². The minimum absolute atomic E-state index is 0.211. The number of carboxylic acid groups (broad SMARTS) is 2. The smallest absolute Gasteiger partial charge is 0.490 e. The van der Waals surface area contributed by atoms with Gasteiger partial charge in [0.1, 0.15) is 23.5 Å². The molecule has 34 heavy (non-hydrogen) atoms. The van der Waals surface area contributed by atoms with Crippen molar-refractivity contribution in [1.82, 2.24) is 9.88 Å². The average molecular weight is 486 g/mol. The lowest BCUT2D eigenvalue weighted by Crippen LogP contribution is -2.53. The summed E-state index contributed by atoms with van der Waals surface area (Å²) < 4.78 is 43.1. The second-order valence-corrected chi connectivity index (χ2v) is 8.48. The van der Waals surface area contributed by atoms with Crippen LogP contribution in [0, 0.1) is 0 Å². The zero-order valence-electron chi connectivity index (χ0n) is 18.7. The molecule has 2 aromatic rings. The van der Waals surface area contributed by atoms with Crippen LogP contribution in [0.4, 0.5) is 18.0 Å². The number of amides is 1. The molecule has 0 aliphatic carbocycles. The number of aromatic nitrogens is 1. The molecule has 0 spiro atoms. The largest absolute Gasteiger partial charge is 0.490 e. The summed E-state index contributed by atoms with van der Waals surface area (Å²) in [5, 5.41) is 18.7. The fraction of sp³-hybridized carbons (Fsp3) is 0.455. The van der Waals surface area contributed by atoms with Crippen molar-refractivity contribution in [2.75, 3.05) is 6.54 Å². The molecule has 0 bridgehead atoms.